The molecule has 0 unspecified atom stereocenters. The zero-order valence-electron chi connectivity index (χ0n) is 15.5. The molecule has 3 rings (SSSR count). The number of rotatable bonds is 8. The van der Waals surface area contributed by atoms with E-state index >= 15 is 0 Å². The van der Waals surface area contributed by atoms with Gasteiger partial charge in [-0.3, -0.25) is 0 Å². The third kappa shape index (κ3) is 5.64. The number of methoxy groups -OCH3 is 1. The average molecular weight is 381 g/mol. The maximum atomic E-state index is 10.6. The van der Waals surface area contributed by atoms with Gasteiger partial charge >= 0.3 is 161 Å². The molecule has 0 spiro atoms. The van der Waals surface area contributed by atoms with Crippen molar-refractivity contribution in [1.82, 2.24) is 0 Å². The fourth-order valence-corrected chi connectivity index (χ4v) is 4.52. The van der Waals surface area contributed by atoms with Gasteiger partial charge in [0, 0.05) is 0 Å². The van der Waals surface area contributed by atoms with Crippen molar-refractivity contribution in [2.45, 2.75) is 12.8 Å². The molecule has 141 valence electrons. The van der Waals surface area contributed by atoms with Gasteiger partial charge in [0.2, 0.25) is 0 Å². The van der Waals surface area contributed by atoms with Crippen molar-refractivity contribution in [3.05, 3.63) is 102 Å². The molecule has 0 amide bonds. The summed E-state index contributed by atoms with van der Waals surface area (Å²) in [5.41, 5.74) is 3.51. The predicted molar refractivity (Wildman–Crippen MR) is 114 cm³/mol. The van der Waals surface area contributed by atoms with E-state index in [0.29, 0.717) is 11.5 Å². The van der Waals surface area contributed by atoms with Crippen LogP contribution in [-0.4, -0.2) is 23.1 Å². The van der Waals surface area contributed by atoms with Crippen LogP contribution in [0, 0.1) is 6.42 Å². The van der Waals surface area contributed by atoms with Gasteiger partial charge < -0.3 is 0 Å². The molecule has 3 aromatic rings. The molecule has 0 bridgehead atoms. The molecule has 3 aromatic carbocycles. The van der Waals surface area contributed by atoms with Crippen LogP contribution in [0.3, 0.4) is 0 Å². The van der Waals surface area contributed by atoms with Gasteiger partial charge in [-0.1, -0.05) is 0 Å². The molecular weight excluding hydrogens is 355 g/mol. The Morgan fingerprint density at radius 1 is 0.778 bits per heavy atom. The van der Waals surface area contributed by atoms with Gasteiger partial charge in [-0.15, -0.1) is 0 Å². The minimum absolute atomic E-state index is 0.319. The van der Waals surface area contributed by atoms with Crippen molar-refractivity contribution >= 4 is 13.0 Å². The Balaban J connectivity index is 1.57. The van der Waals surface area contributed by atoms with Gasteiger partial charge in [0.15, 0.2) is 0 Å². The number of ether oxygens (including phenoxy) is 1. The first-order valence-corrected chi connectivity index (χ1v) is 11.2. The molecule has 0 saturated carbocycles. The van der Waals surface area contributed by atoms with E-state index in [1.807, 2.05) is 85.3 Å². The Morgan fingerprint density at radius 2 is 1.37 bits per heavy atom. The molecule has 0 fully saturated rings. The van der Waals surface area contributed by atoms with Crippen LogP contribution in [0.1, 0.15) is 16.7 Å². The summed E-state index contributed by atoms with van der Waals surface area (Å²) < 4.78 is 5.18. The molecule has 0 aromatic heterocycles. The van der Waals surface area contributed by atoms with Crippen LogP contribution in [0.2, 0.25) is 0 Å². The van der Waals surface area contributed by atoms with Gasteiger partial charge in [-0.05, 0) is 0 Å². The molecule has 0 atom stereocenters. The Labute approximate surface area is 161 Å². The Morgan fingerprint density at radius 3 is 1.96 bits per heavy atom. The van der Waals surface area contributed by atoms with E-state index in [2.05, 4.69) is 0 Å². The zero-order chi connectivity index (χ0) is 19.1. The normalized spacial score (nSPS) is 12.0. The van der Waals surface area contributed by atoms with Crippen LogP contribution in [0.25, 0.3) is 0 Å². The summed E-state index contributed by atoms with van der Waals surface area (Å²) in [5.74, 6) is 0.845. The summed E-state index contributed by atoms with van der Waals surface area (Å²) in [6.45, 7) is 0. The summed E-state index contributed by atoms with van der Waals surface area (Å²) in [6.07, 6.45) is 3.83. The van der Waals surface area contributed by atoms with Crippen LogP contribution in [0.4, 0.5) is 0 Å². The summed E-state index contributed by atoms with van der Waals surface area (Å²) in [7, 11) is -1.78. The third-order valence-corrected chi connectivity index (χ3v) is 6.75. The van der Waals surface area contributed by atoms with E-state index in [4.69, 9.17) is 4.74 Å². The molecule has 0 saturated heterocycles. The van der Waals surface area contributed by atoms with Crippen molar-refractivity contribution in [1.29, 1.82) is 0 Å². The van der Waals surface area contributed by atoms with Crippen molar-refractivity contribution < 1.29 is 14.5 Å². The van der Waals surface area contributed by atoms with Crippen molar-refractivity contribution in [2.75, 3.05) is 13.3 Å². The first-order chi connectivity index (χ1) is 13.1. The molecule has 3 nitrogen and oxygen atoms in total. The van der Waals surface area contributed by atoms with Crippen molar-refractivity contribution in [2.24, 2.45) is 0 Å². The fourth-order valence-electron chi connectivity index (χ4n) is 3.04. The molecule has 0 aliphatic rings. The summed E-state index contributed by atoms with van der Waals surface area (Å²) in [6, 6.07) is 25.7. The Bertz CT molecular complexity index is 828. The molecule has 0 aliphatic heterocycles. The maximum absolute atomic E-state index is 10.6. The van der Waals surface area contributed by atoms with Crippen LogP contribution in [0.5, 0.6) is 5.75 Å². The first-order valence-electron chi connectivity index (χ1n) is 9.09. The van der Waals surface area contributed by atoms with Gasteiger partial charge in [-0.25, -0.2) is 0 Å². The molecule has 4 heteroatoms. The van der Waals surface area contributed by atoms with E-state index < -0.39 is 7.72 Å². The van der Waals surface area contributed by atoms with Gasteiger partial charge in [0.05, 0.1) is 0 Å². The van der Waals surface area contributed by atoms with Crippen LogP contribution < -0.4 is 10.0 Å². The quantitative estimate of drug-likeness (QED) is 0.582. The summed E-state index contributed by atoms with van der Waals surface area (Å²) in [4.78, 5) is 21.1. The monoisotopic (exact) mass is 381 g/mol. The van der Waals surface area contributed by atoms with Gasteiger partial charge in [0.1, 0.15) is 0 Å². The van der Waals surface area contributed by atoms with Gasteiger partial charge in [-0.2, -0.15) is 0 Å². The number of benzene rings is 3. The second kappa shape index (κ2) is 9.14. The Kier molecular flexibility index (Phi) is 6.63. The second-order valence-electron chi connectivity index (χ2n) is 6.72. The van der Waals surface area contributed by atoms with E-state index in [9.17, 15) is 9.79 Å². The topological polar surface area (TPSA) is 49.7 Å². The van der Waals surface area contributed by atoms with Crippen LogP contribution in [0.15, 0.2) is 78.9 Å². The standard InChI is InChI=1S/C23H26O3P/c1-26-22-13-9-20(10-14-22)18-21-11-15-23(16-12-21)27(24,25)17-5-8-19-6-3-2-4-7-19/h2-7,9-16,24-25,27H,8,17-18H2,1H3. The minimum atomic E-state index is -3.43. The number of hydrogen-bond acceptors (Lipinski definition) is 3. The SMILES string of the molecule is COc1ccc(Cc2ccc([PH](O)(O)C[CH]Cc3ccccc3)cc2)cc1. The number of hydrogen-bond donors (Lipinski definition) is 2. The van der Waals surface area contributed by atoms with E-state index in [1.165, 1.54) is 11.1 Å². The van der Waals surface area contributed by atoms with Gasteiger partial charge in [0.25, 0.3) is 0 Å². The molecule has 0 aliphatic carbocycles. The van der Waals surface area contributed by atoms with Crippen molar-refractivity contribution in [3.8, 4) is 5.75 Å². The van der Waals surface area contributed by atoms with Crippen LogP contribution >= 0.6 is 7.72 Å². The predicted octanol–water partition coefficient (Wildman–Crippen LogP) is 3.92. The van der Waals surface area contributed by atoms with Crippen LogP contribution in [-0.2, 0) is 12.8 Å². The second-order valence-corrected chi connectivity index (χ2v) is 9.34. The fraction of sp³-hybridized carbons (Fsp3) is 0.174. The molecule has 27 heavy (non-hydrogen) atoms. The van der Waals surface area contributed by atoms with E-state index in [-0.39, 0.29) is 0 Å². The van der Waals surface area contributed by atoms with E-state index in [1.54, 1.807) is 7.11 Å². The molecular formula is C23H26O3P. The van der Waals surface area contributed by atoms with Crippen molar-refractivity contribution in [3.63, 3.8) is 0 Å². The third-order valence-electron chi connectivity index (χ3n) is 4.64. The molecule has 1 radical (unpaired) electrons. The zero-order valence-corrected chi connectivity index (χ0v) is 16.5. The molecule has 0 heterocycles. The summed E-state index contributed by atoms with van der Waals surface area (Å²) >= 11 is 0. The summed E-state index contributed by atoms with van der Waals surface area (Å²) in [5, 5.41) is 0.644. The Hall–Kier alpha value is -2.19. The van der Waals surface area contributed by atoms with E-state index in [0.717, 1.165) is 24.2 Å². The molecule has 2 N–H and O–H groups in total. The first kappa shape index (κ1) is 19.6. The average Bonchev–Trinajstić information content (AvgIpc) is 2.70.